The van der Waals surface area contributed by atoms with E-state index < -0.39 is 22.0 Å². The lowest BCUT2D eigenvalue weighted by Crippen LogP contribution is -2.26. The molecule has 0 aromatic carbocycles. The van der Waals surface area contributed by atoms with E-state index in [2.05, 4.69) is 9.82 Å². The first-order valence-electron chi connectivity index (χ1n) is 6.18. The molecular formula is C12H15N3O5S. The van der Waals surface area contributed by atoms with Gasteiger partial charge >= 0.3 is 5.97 Å². The molecule has 0 amide bonds. The Kier molecular flexibility index (Phi) is 4.43. The van der Waals surface area contributed by atoms with Crippen LogP contribution in [-0.2, 0) is 21.4 Å². The monoisotopic (exact) mass is 313 g/mol. The molecule has 0 bridgehead atoms. The van der Waals surface area contributed by atoms with Crippen molar-refractivity contribution in [3.05, 3.63) is 36.5 Å². The number of hydrogen-bond donors (Lipinski definition) is 2. The lowest BCUT2D eigenvalue weighted by atomic mass is 10.3. The van der Waals surface area contributed by atoms with Crippen molar-refractivity contribution in [2.45, 2.75) is 30.8 Å². The van der Waals surface area contributed by atoms with Crippen molar-refractivity contribution in [1.82, 2.24) is 14.5 Å². The van der Waals surface area contributed by atoms with Crippen molar-refractivity contribution < 1.29 is 22.7 Å². The number of nitrogens with one attached hydrogen (secondary N) is 1. The molecule has 0 spiro atoms. The first-order valence-corrected chi connectivity index (χ1v) is 7.67. The van der Waals surface area contributed by atoms with Crippen molar-refractivity contribution in [3.63, 3.8) is 0 Å². The molecule has 2 aromatic heterocycles. The Hall–Kier alpha value is -2.13. The maximum atomic E-state index is 12.2. The molecule has 2 aromatic rings. The van der Waals surface area contributed by atoms with Gasteiger partial charge in [-0.2, -0.15) is 5.10 Å². The molecule has 114 valence electrons. The van der Waals surface area contributed by atoms with Crippen LogP contribution in [0.15, 0.2) is 40.1 Å². The molecule has 2 N–H and O–H groups in total. The van der Waals surface area contributed by atoms with E-state index in [1.807, 2.05) is 0 Å². The normalized spacial score (nSPS) is 13.2. The van der Waals surface area contributed by atoms with Crippen molar-refractivity contribution in [2.24, 2.45) is 0 Å². The van der Waals surface area contributed by atoms with E-state index in [-0.39, 0.29) is 17.9 Å². The second-order valence-electron chi connectivity index (χ2n) is 4.44. The second kappa shape index (κ2) is 6.10. The molecule has 21 heavy (non-hydrogen) atoms. The number of carboxylic acids is 1. The summed E-state index contributed by atoms with van der Waals surface area (Å²) in [6.07, 6.45) is 3.81. The molecule has 0 fully saturated rings. The maximum absolute atomic E-state index is 12.2. The summed E-state index contributed by atoms with van der Waals surface area (Å²) < 4.78 is 33.2. The van der Waals surface area contributed by atoms with Gasteiger partial charge in [0.15, 0.2) is 0 Å². The van der Waals surface area contributed by atoms with Crippen LogP contribution < -0.4 is 4.72 Å². The molecule has 0 saturated carbocycles. The highest BCUT2D eigenvalue weighted by atomic mass is 32.2. The van der Waals surface area contributed by atoms with E-state index in [1.165, 1.54) is 23.3 Å². The quantitative estimate of drug-likeness (QED) is 0.788. The van der Waals surface area contributed by atoms with Crippen LogP contribution in [0.4, 0.5) is 0 Å². The number of furan rings is 1. The van der Waals surface area contributed by atoms with Gasteiger partial charge in [0.05, 0.1) is 31.5 Å². The van der Waals surface area contributed by atoms with Crippen LogP contribution in [0.5, 0.6) is 0 Å². The number of carbonyl (C=O) groups is 1. The largest absolute Gasteiger partial charge is 0.481 e. The Morgan fingerprint density at radius 3 is 2.95 bits per heavy atom. The van der Waals surface area contributed by atoms with E-state index >= 15 is 0 Å². The molecule has 2 heterocycles. The van der Waals surface area contributed by atoms with Gasteiger partial charge in [0.2, 0.25) is 10.0 Å². The Balaban J connectivity index is 2.07. The molecule has 2 rings (SSSR count). The second-order valence-corrected chi connectivity index (χ2v) is 6.16. The van der Waals surface area contributed by atoms with Crippen LogP contribution in [0.25, 0.3) is 0 Å². The van der Waals surface area contributed by atoms with Crippen molar-refractivity contribution >= 4 is 16.0 Å². The average molecular weight is 313 g/mol. The zero-order valence-electron chi connectivity index (χ0n) is 11.3. The highest BCUT2D eigenvalue weighted by Crippen LogP contribution is 2.16. The number of aryl methyl sites for hydroxylation is 1. The van der Waals surface area contributed by atoms with Gasteiger partial charge in [-0.1, -0.05) is 0 Å². The molecular weight excluding hydrogens is 298 g/mol. The Morgan fingerprint density at radius 1 is 1.57 bits per heavy atom. The van der Waals surface area contributed by atoms with Crippen LogP contribution >= 0.6 is 0 Å². The summed E-state index contributed by atoms with van der Waals surface area (Å²) in [5, 5.41) is 12.4. The van der Waals surface area contributed by atoms with Gasteiger partial charge in [-0.25, -0.2) is 13.1 Å². The standard InChI is InChI=1S/C12H15N3O5S/c1-9(11-3-2-6-20-11)14-21(18,19)10-7-13-15(8-10)5-4-12(16)17/h2-3,6-9,14H,4-5H2,1H3,(H,16,17)/t9-/m0/s1. The molecule has 0 radical (unpaired) electrons. The predicted molar refractivity (Wildman–Crippen MR) is 71.9 cm³/mol. The molecule has 1 atom stereocenters. The van der Waals surface area contributed by atoms with E-state index in [0.29, 0.717) is 5.76 Å². The van der Waals surface area contributed by atoms with Crippen LogP contribution in [0.1, 0.15) is 25.1 Å². The molecule has 0 aliphatic heterocycles. The van der Waals surface area contributed by atoms with Crippen LogP contribution in [0, 0.1) is 0 Å². The molecule has 0 aliphatic rings. The average Bonchev–Trinajstić information content (AvgIpc) is 3.07. The van der Waals surface area contributed by atoms with Crippen LogP contribution in [0.3, 0.4) is 0 Å². The summed E-state index contributed by atoms with van der Waals surface area (Å²) in [5.41, 5.74) is 0. The fraction of sp³-hybridized carbons (Fsp3) is 0.333. The van der Waals surface area contributed by atoms with Crippen LogP contribution in [-0.4, -0.2) is 29.3 Å². The lowest BCUT2D eigenvalue weighted by Gasteiger charge is -2.10. The van der Waals surface area contributed by atoms with Crippen molar-refractivity contribution in [2.75, 3.05) is 0 Å². The molecule has 9 heteroatoms. The first-order chi connectivity index (χ1) is 9.88. The minimum Gasteiger partial charge on any atom is -0.481 e. The van der Waals surface area contributed by atoms with Gasteiger partial charge in [-0.05, 0) is 19.1 Å². The zero-order chi connectivity index (χ0) is 15.5. The van der Waals surface area contributed by atoms with E-state index in [4.69, 9.17) is 9.52 Å². The number of aromatic nitrogens is 2. The third-order valence-electron chi connectivity index (χ3n) is 2.78. The number of rotatable bonds is 7. The summed E-state index contributed by atoms with van der Waals surface area (Å²) in [6.45, 7) is 1.77. The lowest BCUT2D eigenvalue weighted by molar-refractivity contribution is -0.137. The van der Waals surface area contributed by atoms with Gasteiger partial charge in [0, 0.05) is 6.20 Å². The van der Waals surface area contributed by atoms with Gasteiger partial charge in [0.1, 0.15) is 10.7 Å². The Labute approximate surface area is 121 Å². The minimum absolute atomic E-state index is 0.0219. The summed E-state index contributed by atoms with van der Waals surface area (Å²) >= 11 is 0. The number of hydrogen-bond acceptors (Lipinski definition) is 5. The number of nitrogens with zero attached hydrogens (tertiary/aromatic N) is 2. The summed E-state index contributed by atoms with van der Waals surface area (Å²) in [7, 11) is -3.74. The third-order valence-corrected chi connectivity index (χ3v) is 4.27. The van der Waals surface area contributed by atoms with E-state index in [1.54, 1.807) is 19.1 Å². The Morgan fingerprint density at radius 2 is 2.33 bits per heavy atom. The fourth-order valence-electron chi connectivity index (χ4n) is 1.71. The number of carboxylic acid groups (broad SMARTS) is 1. The smallest absolute Gasteiger partial charge is 0.305 e. The fourth-order valence-corrected chi connectivity index (χ4v) is 2.88. The summed E-state index contributed by atoms with van der Waals surface area (Å²) in [4.78, 5) is 10.4. The van der Waals surface area contributed by atoms with E-state index in [9.17, 15) is 13.2 Å². The SMILES string of the molecule is C[C@H](NS(=O)(=O)c1cnn(CCC(=O)O)c1)c1ccco1. The molecule has 8 nitrogen and oxygen atoms in total. The van der Waals surface area contributed by atoms with Crippen molar-refractivity contribution in [3.8, 4) is 0 Å². The first kappa shape index (κ1) is 15.3. The Bertz CT molecular complexity index is 705. The summed E-state index contributed by atoms with van der Waals surface area (Å²) in [5.74, 6) is -0.476. The zero-order valence-corrected chi connectivity index (χ0v) is 12.1. The predicted octanol–water partition coefficient (Wildman–Crippen LogP) is 0.990. The number of aliphatic carboxylic acids is 1. The highest BCUT2D eigenvalue weighted by molar-refractivity contribution is 7.89. The summed E-state index contributed by atoms with van der Waals surface area (Å²) in [6, 6.07) is 2.82. The third kappa shape index (κ3) is 3.92. The topological polar surface area (TPSA) is 114 Å². The van der Waals surface area contributed by atoms with Crippen molar-refractivity contribution in [1.29, 1.82) is 0 Å². The number of sulfonamides is 1. The van der Waals surface area contributed by atoms with Gasteiger partial charge in [-0.3, -0.25) is 9.48 Å². The molecule has 0 aliphatic carbocycles. The van der Waals surface area contributed by atoms with Crippen LogP contribution in [0.2, 0.25) is 0 Å². The molecule has 0 unspecified atom stereocenters. The van der Waals surface area contributed by atoms with Gasteiger partial charge < -0.3 is 9.52 Å². The highest BCUT2D eigenvalue weighted by Gasteiger charge is 2.21. The minimum atomic E-state index is -3.74. The van der Waals surface area contributed by atoms with E-state index in [0.717, 1.165) is 0 Å². The maximum Gasteiger partial charge on any atom is 0.305 e. The van der Waals surface area contributed by atoms with Gasteiger partial charge in [0.25, 0.3) is 0 Å². The van der Waals surface area contributed by atoms with Gasteiger partial charge in [-0.15, -0.1) is 0 Å². The molecule has 0 saturated heterocycles.